The predicted molar refractivity (Wildman–Crippen MR) is 127 cm³/mol. The molecule has 7 heteroatoms. The number of anilines is 2. The molecule has 0 atom stereocenters. The molecule has 0 amide bonds. The van der Waals surface area contributed by atoms with Crippen LogP contribution in [0.25, 0.3) is 33.2 Å². The highest BCUT2D eigenvalue weighted by molar-refractivity contribution is 6.01. The minimum atomic E-state index is 0.0791. The van der Waals surface area contributed by atoms with Crippen LogP contribution in [0.2, 0.25) is 0 Å². The van der Waals surface area contributed by atoms with Gasteiger partial charge in [-0.1, -0.05) is 23.8 Å². The molecule has 0 saturated carbocycles. The van der Waals surface area contributed by atoms with Crippen LogP contribution in [-0.4, -0.2) is 30.9 Å². The molecule has 158 valence electrons. The quantitative estimate of drug-likeness (QED) is 0.238. The molecule has 3 aromatic heterocycles. The molecule has 0 aliphatic rings. The van der Waals surface area contributed by atoms with E-state index in [1.54, 1.807) is 12.4 Å². The first kappa shape index (κ1) is 19.7. The molecule has 0 radical (unpaired) electrons. The minimum absolute atomic E-state index is 0.0791. The first-order chi connectivity index (χ1) is 15.6. The molecular weight excluding hydrogens is 400 g/mol. The van der Waals surface area contributed by atoms with Gasteiger partial charge in [0.2, 0.25) is 0 Å². The van der Waals surface area contributed by atoms with Gasteiger partial charge in [0, 0.05) is 40.2 Å². The molecule has 5 rings (SSSR count). The summed E-state index contributed by atoms with van der Waals surface area (Å²) in [6, 6.07) is 15.6. The molecule has 0 spiro atoms. The second-order valence-electron chi connectivity index (χ2n) is 7.78. The largest absolute Gasteiger partial charge is 0.352 e. The Kier molecular flexibility index (Phi) is 4.99. The summed E-state index contributed by atoms with van der Waals surface area (Å²) in [7, 11) is 0. The van der Waals surface area contributed by atoms with Crippen molar-refractivity contribution in [2.75, 3.05) is 5.32 Å². The van der Waals surface area contributed by atoms with Crippen LogP contribution in [0.15, 0.2) is 72.6 Å². The average molecular weight is 422 g/mol. The number of benzene rings is 2. The fraction of sp³-hybridized carbons (Fsp3) is 0.120. The Labute approximate surface area is 184 Å². The summed E-state index contributed by atoms with van der Waals surface area (Å²) < 4.78 is 0. The summed E-state index contributed by atoms with van der Waals surface area (Å²) in [4.78, 5) is 24.9. The van der Waals surface area contributed by atoms with Gasteiger partial charge in [-0.3, -0.25) is 9.89 Å². The first-order valence-corrected chi connectivity index (χ1v) is 10.4. The second kappa shape index (κ2) is 8.11. The maximum Gasteiger partial charge on any atom is 0.183 e. The van der Waals surface area contributed by atoms with Crippen LogP contribution in [0.5, 0.6) is 0 Å². The lowest BCUT2D eigenvalue weighted by atomic mass is 10.1. The molecule has 3 N–H and O–H groups in total. The van der Waals surface area contributed by atoms with Crippen molar-refractivity contribution in [3.8, 4) is 11.4 Å². The molecule has 7 nitrogen and oxygen atoms in total. The molecule has 0 aliphatic carbocycles. The average Bonchev–Trinajstić information content (AvgIpc) is 3.45. The molecule has 0 saturated heterocycles. The lowest BCUT2D eigenvalue weighted by molar-refractivity contribution is 0.0989. The van der Waals surface area contributed by atoms with E-state index in [4.69, 9.17) is 0 Å². The first-order valence-electron chi connectivity index (χ1n) is 10.4. The standard InChI is InChI=1S/C25H22N6O/c1-3-15(2)10-23(32)22-12-16-4-5-17(13-21(16)29-22)25-26-9-8-24(30-25)28-19-6-7-20-18(11-19)14-27-31-20/h3-9,11-14,29H,10H2,1-2H3,(H,27,31)(H,26,28,30)/b15-3+. The SMILES string of the molecule is C/C=C(\C)CC(=O)c1cc2ccc(-c3nccc(Nc4ccc5[nH]ncc5c4)n3)cc2[nH]1. The zero-order chi connectivity index (χ0) is 22.1. The van der Waals surface area contributed by atoms with Crippen molar-refractivity contribution in [3.05, 3.63) is 78.3 Å². The van der Waals surface area contributed by atoms with Gasteiger partial charge in [-0.25, -0.2) is 9.97 Å². The number of allylic oxidation sites excluding steroid dienone is 2. The lowest BCUT2D eigenvalue weighted by Crippen LogP contribution is -1.99. The van der Waals surface area contributed by atoms with Crippen molar-refractivity contribution in [3.63, 3.8) is 0 Å². The van der Waals surface area contributed by atoms with E-state index in [1.165, 1.54) is 0 Å². The summed E-state index contributed by atoms with van der Waals surface area (Å²) >= 11 is 0. The monoisotopic (exact) mass is 422 g/mol. The zero-order valence-electron chi connectivity index (χ0n) is 17.8. The Hall–Kier alpha value is -4.26. The van der Waals surface area contributed by atoms with E-state index in [0.717, 1.165) is 38.6 Å². The van der Waals surface area contributed by atoms with Crippen LogP contribution in [0, 0.1) is 0 Å². The Morgan fingerprint density at radius 1 is 1.06 bits per heavy atom. The van der Waals surface area contributed by atoms with Gasteiger partial charge in [-0.05, 0) is 50.2 Å². The van der Waals surface area contributed by atoms with Gasteiger partial charge in [0.1, 0.15) is 5.82 Å². The summed E-state index contributed by atoms with van der Waals surface area (Å²) in [5.74, 6) is 1.38. The van der Waals surface area contributed by atoms with Crippen molar-refractivity contribution < 1.29 is 4.79 Å². The van der Waals surface area contributed by atoms with Crippen LogP contribution in [0.1, 0.15) is 30.8 Å². The number of Topliss-reactive ketones (excluding diaryl/α,β-unsaturated/α-hetero) is 1. The molecule has 5 aromatic rings. The van der Waals surface area contributed by atoms with Crippen LogP contribution in [-0.2, 0) is 0 Å². The topological polar surface area (TPSA) is 99.3 Å². The van der Waals surface area contributed by atoms with E-state index in [0.29, 0.717) is 23.8 Å². The number of nitrogens with zero attached hydrogens (tertiary/aromatic N) is 3. The smallest absolute Gasteiger partial charge is 0.183 e. The van der Waals surface area contributed by atoms with Crippen LogP contribution < -0.4 is 5.32 Å². The molecule has 0 aliphatic heterocycles. The summed E-state index contributed by atoms with van der Waals surface area (Å²) in [6.45, 7) is 3.91. The third-order valence-electron chi connectivity index (χ3n) is 5.48. The van der Waals surface area contributed by atoms with Crippen molar-refractivity contribution in [2.24, 2.45) is 0 Å². The number of rotatable bonds is 6. The molecular formula is C25H22N6O. The van der Waals surface area contributed by atoms with Crippen molar-refractivity contribution >= 4 is 39.1 Å². The highest BCUT2D eigenvalue weighted by atomic mass is 16.1. The Morgan fingerprint density at radius 2 is 1.97 bits per heavy atom. The summed E-state index contributed by atoms with van der Waals surface area (Å²) in [5.41, 5.74) is 5.33. The Balaban J connectivity index is 1.41. The Morgan fingerprint density at radius 3 is 2.84 bits per heavy atom. The predicted octanol–water partition coefficient (Wildman–Crippen LogP) is 5.78. The van der Waals surface area contributed by atoms with Crippen molar-refractivity contribution in [1.82, 2.24) is 25.1 Å². The van der Waals surface area contributed by atoms with Gasteiger partial charge in [0.15, 0.2) is 11.6 Å². The molecule has 2 aromatic carbocycles. The normalized spacial score (nSPS) is 11.9. The molecule has 0 fully saturated rings. The number of aromatic amines is 2. The molecule has 3 heterocycles. The molecule has 0 bridgehead atoms. The van der Waals surface area contributed by atoms with Crippen LogP contribution >= 0.6 is 0 Å². The van der Waals surface area contributed by atoms with E-state index in [2.05, 4.69) is 30.5 Å². The van der Waals surface area contributed by atoms with Gasteiger partial charge >= 0.3 is 0 Å². The second-order valence-corrected chi connectivity index (χ2v) is 7.78. The highest BCUT2D eigenvalue weighted by Gasteiger charge is 2.12. The van der Waals surface area contributed by atoms with Gasteiger partial charge in [-0.15, -0.1) is 0 Å². The third kappa shape index (κ3) is 3.88. The number of fused-ring (bicyclic) bond motifs is 2. The summed E-state index contributed by atoms with van der Waals surface area (Å²) in [6.07, 6.45) is 5.90. The number of aromatic nitrogens is 5. The van der Waals surface area contributed by atoms with Crippen molar-refractivity contribution in [1.29, 1.82) is 0 Å². The zero-order valence-corrected chi connectivity index (χ0v) is 17.8. The number of hydrogen-bond acceptors (Lipinski definition) is 5. The van der Waals surface area contributed by atoms with Gasteiger partial charge in [-0.2, -0.15) is 5.10 Å². The molecule has 0 unspecified atom stereocenters. The number of H-pyrrole nitrogens is 2. The van der Waals surface area contributed by atoms with Gasteiger partial charge in [0.05, 0.1) is 17.4 Å². The van der Waals surface area contributed by atoms with E-state index >= 15 is 0 Å². The third-order valence-corrected chi connectivity index (χ3v) is 5.48. The number of carbonyl (C=O) groups excluding carboxylic acids is 1. The maximum atomic E-state index is 12.5. The van der Waals surface area contributed by atoms with Gasteiger partial charge < -0.3 is 10.3 Å². The molecule has 32 heavy (non-hydrogen) atoms. The van der Waals surface area contributed by atoms with E-state index in [1.807, 2.05) is 68.5 Å². The lowest BCUT2D eigenvalue weighted by Gasteiger charge is -2.07. The fourth-order valence-electron chi connectivity index (χ4n) is 3.60. The van der Waals surface area contributed by atoms with E-state index < -0.39 is 0 Å². The number of hydrogen-bond donors (Lipinski definition) is 3. The number of nitrogens with one attached hydrogen (secondary N) is 3. The van der Waals surface area contributed by atoms with E-state index in [9.17, 15) is 4.79 Å². The Bertz CT molecular complexity index is 1480. The fourth-order valence-corrected chi connectivity index (χ4v) is 3.60. The van der Waals surface area contributed by atoms with Crippen molar-refractivity contribution in [2.45, 2.75) is 20.3 Å². The number of ketones is 1. The van der Waals surface area contributed by atoms with Crippen LogP contribution in [0.3, 0.4) is 0 Å². The number of carbonyl (C=O) groups is 1. The highest BCUT2D eigenvalue weighted by Crippen LogP contribution is 2.25. The minimum Gasteiger partial charge on any atom is -0.352 e. The van der Waals surface area contributed by atoms with Gasteiger partial charge in [0.25, 0.3) is 0 Å². The van der Waals surface area contributed by atoms with Crippen LogP contribution in [0.4, 0.5) is 11.5 Å². The maximum absolute atomic E-state index is 12.5. The summed E-state index contributed by atoms with van der Waals surface area (Å²) in [5, 5.41) is 12.3. The van der Waals surface area contributed by atoms with E-state index in [-0.39, 0.29) is 5.78 Å².